The number of hydrogen-bond acceptors (Lipinski definition) is 2. The van der Waals surface area contributed by atoms with E-state index in [0.29, 0.717) is 6.32 Å². The summed E-state index contributed by atoms with van der Waals surface area (Å²) >= 11 is 0. The van der Waals surface area contributed by atoms with Crippen LogP contribution in [0.5, 0.6) is 0 Å². The van der Waals surface area contributed by atoms with Crippen molar-refractivity contribution in [3.63, 3.8) is 0 Å². The van der Waals surface area contributed by atoms with Crippen LogP contribution in [0.2, 0.25) is 6.32 Å². The zero-order valence-corrected chi connectivity index (χ0v) is 10.7. The molecule has 1 saturated heterocycles. The van der Waals surface area contributed by atoms with E-state index in [1.165, 1.54) is 0 Å². The smallest absolute Gasteiger partial charge is 0.403 e. The average molecular weight is 220 g/mol. The Morgan fingerprint density at radius 2 is 1.62 bits per heavy atom. The second-order valence-electron chi connectivity index (χ2n) is 5.07. The van der Waals surface area contributed by atoms with Gasteiger partial charge in [-0.25, -0.2) is 0 Å². The van der Waals surface area contributed by atoms with Crippen LogP contribution in [0.25, 0.3) is 0 Å². The fourth-order valence-electron chi connectivity index (χ4n) is 1.61. The lowest BCUT2D eigenvalue weighted by atomic mass is 9.80. The van der Waals surface area contributed by atoms with Gasteiger partial charge < -0.3 is 9.31 Å². The van der Waals surface area contributed by atoms with Crippen molar-refractivity contribution in [2.75, 3.05) is 0 Å². The van der Waals surface area contributed by atoms with Gasteiger partial charge in [-0.15, -0.1) is 0 Å². The molecule has 0 aromatic carbocycles. The Labute approximate surface area is 99.2 Å². The van der Waals surface area contributed by atoms with Crippen molar-refractivity contribution in [1.29, 1.82) is 0 Å². The molecule has 0 radical (unpaired) electrons. The molecule has 1 fully saturated rings. The molecule has 16 heavy (non-hydrogen) atoms. The van der Waals surface area contributed by atoms with E-state index in [-0.39, 0.29) is 18.3 Å². The van der Waals surface area contributed by atoms with Crippen molar-refractivity contribution >= 4 is 7.12 Å². The van der Waals surface area contributed by atoms with Gasteiger partial charge in [-0.3, -0.25) is 0 Å². The Bertz CT molecular complexity index is 300. The molecule has 1 rings (SSSR count). The Morgan fingerprint density at radius 3 is 2.00 bits per heavy atom. The van der Waals surface area contributed by atoms with Crippen LogP contribution in [0.4, 0.5) is 0 Å². The molecular formula is C13H21BO2. The Balaban J connectivity index is 2.70. The molecule has 0 aromatic heterocycles. The standard InChI is InChI=1S/C13H21BO2/c1-7-9-11(8-2)10-14-15-12(3,4)13(5,6)16-14/h7-9H,1-2,10H2,3-6H3/b11-9+. The van der Waals surface area contributed by atoms with Crippen LogP contribution < -0.4 is 0 Å². The molecule has 0 unspecified atom stereocenters. The van der Waals surface area contributed by atoms with Crippen molar-refractivity contribution in [3.05, 3.63) is 37.0 Å². The predicted molar refractivity (Wildman–Crippen MR) is 69.4 cm³/mol. The minimum atomic E-state index is -0.266. The van der Waals surface area contributed by atoms with Crippen LogP contribution >= 0.6 is 0 Å². The highest BCUT2D eigenvalue weighted by molar-refractivity contribution is 6.46. The molecule has 0 N–H and O–H groups in total. The molecule has 0 aliphatic carbocycles. The molecule has 0 atom stereocenters. The van der Waals surface area contributed by atoms with Crippen molar-refractivity contribution in [3.8, 4) is 0 Å². The first kappa shape index (κ1) is 13.3. The van der Waals surface area contributed by atoms with Gasteiger partial charge in [0.25, 0.3) is 0 Å². The van der Waals surface area contributed by atoms with E-state index in [2.05, 4.69) is 40.9 Å². The minimum Gasteiger partial charge on any atom is -0.403 e. The molecule has 0 spiro atoms. The van der Waals surface area contributed by atoms with Gasteiger partial charge in [-0.2, -0.15) is 0 Å². The Kier molecular flexibility index (Phi) is 3.82. The molecule has 0 bridgehead atoms. The van der Waals surface area contributed by atoms with Gasteiger partial charge in [-0.05, 0) is 27.7 Å². The largest absolute Gasteiger partial charge is 0.462 e. The van der Waals surface area contributed by atoms with Gasteiger partial charge in [0.15, 0.2) is 0 Å². The van der Waals surface area contributed by atoms with Gasteiger partial charge in [0.2, 0.25) is 0 Å². The van der Waals surface area contributed by atoms with E-state index in [4.69, 9.17) is 9.31 Å². The van der Waals surface area contributed by atoms with Crippen LogP contribution in [0.1, 0.15) is 27.7 Å². The zero-order chi connectivity index (χ0) is 12.4. The molecule has 2 nitrogen and oxygen atoms in total. The van der Waals surface area contributed by atoms with E-state index in [9.17, 15) is 0 Å². The summed E-state index contributed by atoms with van der Waals surface area (Å²) in [6.45, 7) is 15.7. The summed E-state index contributed by atoms with van der Waals surface area (Å²) in [7, 11) is -0.200. The lowest BCUT2D eigenvalue weighted by molar-refractivity contribution is 0.00578. The third-order valence-corrected chi connectivity index (χ3v) is 3.30. The molecule has 0 saturated carbocycles. The second kappa shape index (κ2) is 4.60. The molecule has 1 heterocycles. The highest BCUT2D eigenvalue weighted by atomic mass is 16.7. The summed E-state index contributed by atoms with van der Waals surface area (Å²) in [4.78, 5) is 0. The van der Waals surface area contributed by atoms with E-state index < -0.39 is 0 Å². The fourth-order valence-corrected chi connectivity index (χ4v) is 1.61. The molecule has 1 aliphatic heterocycles. The number of rotatable bonds is 4. The van der Waals surface area contributed by atoms with Crippen molar-refractivity contribution < 1.29 is 9.31 Å². The summed E-state index contributed by atoms with van der Waals surface area (Å²) in [5, 5.41) is 0. The monoisotopic (exact) mass is 220 g/mol. The van der Waals surface area contributed by atoms with E-state index in [0.717, 1.165) is 5.57 Å². The highest BCUT2D eigenvalue weighted by Crippen LogP contribution is 2.38. The summed E-state index contributed by atoms with van der Waals surface area (Å²) < 4.78 is 11.8. The summed E-state index contributed by atoms with van der Waals surface area (Å²) in [6, 6.07) is 0. The predicted octanol–water partition coefficient (Wildman–Crippen LogP) is 3.38. The lowest BCUT2D eigenvalue weighted by Gasteiger charge is -2.32. The lowest BCUT2D eigenvalue weighted by Crippen LogP contribution is -2.41. The summed E-state index contributed by atoms with van der Waals surface area (Å²) in [5.74, 6) is 0. The summed E-state index contributed by atoms with van der Waals surface area (Å²) in [6.07, 6.45) is 6.20. The zero-order valence-electron chi connectivity index (χ0n) is 10.7. The van der Waals surface area contributed by atoms with Crippen LogP contribution in [0.15, 0.2) is 37.0 Å². The maximum Gasteiger partial charge on any atom is 0.462 e. The highest BCUT2D eigenvalue weighted by Gasteiger charge is 2.50. The Hall–Kier alpha value is -0.795. The second-order valence-corrected chi connectivity index (χ2v) is 5.07. The third-order valence-electron chi connectivity index (χ3n) is 3.30. The van der Waals surface area contributed by atoms with Crippen LogP contribution in [-0.4, -0.2) is 18.3 Å². The normalized spacial score (nSPS) is 23.2. The first-order chi connectivity index (χ1) is 7.32. The van der Waals surface area contributed by atoms with Crippen LogP contribution in [0, 0.1) is 0 Å². The molecule has 0 amide bonds. The maximum absolute atomic E-state index is 5.90. The molecule has 88 valence electrons. The quantitative estimate of drug-likeness (QED) is 0.534. The number of hydrogen-bond donors (Lipinski definition) is 0. The van der Waals surface area contributed by atoms with Gasteiger partial charge >= 0.3 is 7.12 Å². The van der Waals surface area contributed by atoms with Crippen molar-refractivity contribution in [1.82, 2.24) is 0 Å². The molecule has 0 aromatic rings. The van der Waals surface area contributed by atoms with Crippen LogP contribution in [-0.2, 0) is 9.31 Å². The molecule has 3 heteroatoms. The van der Waals surface area contributed by atoms with Crippen LogP contribution in [0.3, 0.4) is 0 Å². The average Bonchev–Trinajstić information content (AvgIpc) is 2.34. The first-order valence-electron chi connectivity index (χ1n) is 5.62. The topological polar surface area (TPSA) is 18.5 Å². The minimum absolute atomic E-state index is 0.200. The van der Waals surface area contributed by atoms with E-state index >= 15 is 0 Å². The van der Waals surface area contributed by atoms with E-state index in [1.807, 2.05) is 12.2 Å². The van der Waals surface area contributed by atoms with E-state index in [1.54, 1.807) is 6.08 Å². The van der Waals surface area contributed by atoms with Crippen molar-refractivity contribution in [2.45, 2.75) is 45.2 Å². The number of allylic oxidation sites excluding steroid dienone is 4. The van der Waals surface area contributed by atoms with Gasteiger partial charge in [-0.1, -0.05) is 37.0 Å². The first-order valence-corrected chi connectivity index (χ1v) is 5.62. The van der Waals surface area contributed by atoms with Gasteiger partial charge in [0.1, 0.15) is 0 Å². The Morgan fingerprint density at radius 1 is 1.12 bits per heavy atom. The third kappa shape index (κ3) is 2.66. The van der Waals surface area contributed by atoms with Crippen molar-refractivity contribution in [2.24, 2.45) is 0 Å². The molecule has 1 aliphatic rings. The summed E-state index contributed by atoms with van der Waals surface area (Å²) in [5.41, 5.74) is 0.546. The van der Waals surface area contributed by atoms with Gasteiger partial charge in [0.05, 0.1) is 11.2 Å². The van der Waals surface area contributed by atoms with Gasteiger partial charge in [0, 0.05) is 6.32 Å². The fraction of sp³-hybridized carbons (Fsp3) is 0.538. The maximum atomic E-state index is 5.90. The molecular weight excluding hydrogens is 199 g/mol. The SMILES string of the molecule is C=C/C=C(\C=C)CB1OC(C)(C)C(C)(C)O1.